The van der Waals surface area contributed by atoms with E-state index in [0.717, 1.165) is 12.1 Å². The predicted molar refractivity (Wildman–Crippen MR) is 90.5 cm³/mol. The number of likely N-dealkylation sites (tertiary alicyclic amines) is 1. The van der Waals surface area contributed by atoms with E-state index in [9.17, 15) is 5.11 Å². The second kappa shape index (κ2) is 5.86. The van der Waals surface area contributed by atoms with Crippen LogP contribution in [0, 0.1) is 5.92 Å². The van der Waals surface area contributed by atoms with Gasteiger partial charge in [0.05, 0.1) is 6.10 Å². The Morgan fingerprint density at radius 3 is 2.05 bits per heavy atom. The Hall–Kier alpha value is -1.64. The summed E-state index contributed by atoms with van der Waals surface area (Å²) in [6.45, 7) is 7.66. The summed E-state index contributed by atoms with van der Waals surface area (Å²) in [6.07, 6.45) is -0.412. The van der Waals surface area contributed by atoms with Gasteiger partial charge in [0.15, 0.2) is 0 Å². The van der Waals surface area contributed by atoms with Crippen molar-refractivity contribution in [3.63, 3.8) is 0 Å². The molecule has 0 radical (unpaired) electrons. The predicted octanol–water partition coefficient (Wildman–Crippen LogP) is 4.19. The third kappa shape index (κ3) is 2.81. The van der Waals surface area contributed by atoms with E-state index < -0.39 is 6.10 Å². The highest BCUT2D eigenvalue weighted by Crippen LogP contribution is 2.48. The minimum absolute atomic E-state index is 0.105. The number of rotatable bonds is 3. The van der Waals surface area contributed by atoms with E-state index in [1.54, 1.807) is 0 Å². The molecule has 2 aromatic rings. The van der Waals surface area contributed by atoms with E-state index in [4.69, 9.17) is 0 Å². The molecule has 0 aromatic heterocycles. The lowest BCUT2D eigenvalue weighted by Crippen LogP contribution is -2.59. The standard InChI is InChI=1S/C20H25NO/c1-20(2,3)21-14-17(18(21)15-10-6-4-7-11-15)19(22)16-12-8-5-9-13-16/h4-13,17-19,22H,14H2,1-3H3/t17-,18+,19-/m1/s1. The van der Waals surface area contributed by atoms with Gasteiger partial charge in [-0.3, -0.25) is 4.90 Å². The molecule has 1 heterocycles. The van der Waals surface area contributed by atoms with Crippen molar-refractivity contribution < 1.29 is 5.11 Å². The maximum atomic E-state index is 10.8. The Morgan fingerprint density at radius 2 is 1.50 bits per heavy atom. The third-order valence-electron chi connectivity index (χ3n) is 4.70. The van der Waals surface area contributed by atoms with Crippen LogP contribution in [0.4, 0.5) is 0 Å². The number of aliphatic hydroxyl groups excluding tert-OH is 1. The van der Waals surface area contributed by atoms with Crippen LogP contribution in [0.15, 0.2) is 60.7 Å². The Labute approximate surface area is 133 Å². The van der Waals surface area contributed by atoms with Crippen LogP contribution in [0.1, 0.15) is 44.0 Å². The van der Waals surface area contributed by atoms with Crippen molar-refractivity contribution in [2.24, 2.45) is 5.92 Å². The Balaban J connectivity index is 1.89. The quantitative estimate of drug-likeness (QED) is 0.917. The van der Waals surface area contributed by atoms with Crippen LogP contribution in [0.3, 0.4) is 0 Å². The van der Waals surface area contributed by atoms with Gasteiger partial charge >= 0.3 is 0 Å². The van der Waals surface area contributed by atoms with Crippen LogP contribution in [0.5, 0.6) is 0 Å². The van der Waals surface area contributed by atoms with Crippen molar-refractivity contribution in [1.29, 1.82) is 0 Å². The number of aliphatic hydroxyl groups is 1. The maximum Gasteiger partial charge on any atom is 0.0848 e. The zero-order valence-corrected chi connectivity index (χ0v) is 13.6. The maximum absolute atomic E-state index is 10.8. The van der Waals surface area contributed by atoms with Crippen molar-refractivity contribution in [1.82, 2.24) is 4.90 Å². The minimum Gasteiger partial charge on any atom is -0.388 e. The molecule has 1 aliphatic rings. The van der Waals surface area contributed by atoms with Crippen LogP contribution in [0.2, 0.25) is 0 Å². The first-order valence-corrected chi connectivity index (χ1v) is 8.03. The molecule has 1 fully saturated rings. The Kier molecular flexibility index (Phi) is 4.07. The van der Waals surface area contributed by atoms with Gasteiger partial charge in [0.2, 0.25) is 0 Å². The van der Waals surface area contributed by atoms with Crippen LogP contribution in [-0.2, 0) is 0 Å². The minimum atomic E-state index is -0.412. The Morgan fingerprint density at radius 1 is 0.955 bits per heavy atom. The molecule has 3 rings (SSSR count). The number of hydrogen-bond acceptors (Lipinski definition) is 2. The van der Waals surface area contributed by atoms with Crippen LogP contribution >= 0.6 is 0 Å². The number of benzene rings is 2. The monoisotopic (exact) mass is 295 g/mol. The SMILES string of the molecule is CC(C)(C)N1C[C@@H]([C@H](O)c2ccccc2)[C@@H]1c1ccccc1. The average Bonchev–Trinajstić information content (AvgIpc) is 2.46. The second-order valence-electron chi connectivity index (χ2n) is 7.20. The first-order valence-electron chi connectivity index (χ1n) is 8.03. The fourth-order valence-corrected chi connectivity index (χ4v) is 3.47. The molecule has 0 unspecified atom stereocenters. The summed E-state index contributed by atoms with van der Waals surface area (Å²) in [6, 6.07) is 20.9. The zero-order chi connectivity index (χ0) is 15.7. The lowest BCUT2D eigenvalue weighted by molar-refractivity contribution is -0.108. The van der Waals surface area contributed by atoms with Crippen molar-refractivity contribution in [2.75, 3.05) is 6.54 Å². The van der Waals surface area contributed by atoms with Gasteiger partial charge in [0.25, 0.3) is 0 Å². The molecule has 2 heteroatoms. The van der Waals surface area contributed by atoms with Gasteiger partial charge in [0, 0.05) is 24.0 Å². The molecule has 2 nitrogen and oxygen atoms in total. The lowest BCUT2D eigenvalue weighted by atomic mass is 9.75. The summed E-state index contributed by atoms with van der Waals surface area (Å²) in [5, 5.41) is 10.8. The van der Waals surface area contributed by atoms with Gasteiger partial charge in [-0.15, -0.1) is 0 Å². The normalized spacial score (nSPS) is 23.8. The number of nitrogens with zero attached hydrogens (tertiary/aromatic N) is 1. The molecule has 3 atom stereocenters. The van der Waals surface area contributed by atoms with E-state index >= 15 is 0 Å². The Bertz CT molecular complexity index is 603. The first kappa shape index (κ1) is 15.3. The fraction of sp³-hybridized carbons (Fsp3) is 0.400. The van der Waals surface area contributed by atoms with Crippen molar-refractivity contribution in [2.45, 2.75) is 38.5 Å². The van der Waals surface area contributed by atoms with E-state index in [1.165, 1.54) is 5.56 Å². The summed E-state index contributed by atoms with van der Waals surface area (Å²) >= 11 is 0. The van der Waals surface area contributed by atoms with Crippen LogP contribution in [-0.4, -0.2) is 22.1 Å². The third-order valence-corrected chi connectivity index (χ3v) is 4.70. The second-order valence-corrected chi connectivity index (χ2v) is 7.20. The summed E-state index contributed by atoms with van der Waals surface area (Å²) in [5.74, 6) is 0.240. The molecule has 0 aliphatic carbocycles. The molecule has 1 N–H and O–H groups in total. The highest BCUT2D eigenvalue weighted by molar-refractivity contribution is 5.27. The van der Waals surface area contributed by atoms with E-state index in [0.29, 0.717) is 0 Å². The first-order chi connectivity index (χ1) is 10.5. The van der Waals surface area contributed by atoms with Gasteiger partial charge in [-0.05, 0) is 31.9 Å². The van der Waals surface area contributed by atoms with Crippen molar-refractivity contribution in [3.8, 4) is 0 Å². The summed E-state index contributed by atoms with van der Waals surface area (Å²) < 4.78 is 0. The lowest BCUT2D eigenvalue weighted by Gasteiger charge is -2.56. The summed E-state index contributed by atoms with van der Waals surface area (Å²) in [7, 11) is 0. The molecule has 1 aliphatic heterocycles. The van der Waals surface area contributed by atoms with Crippen molar-refractivity contribution in [3.05, 3.63) is 71.8 Å². The van der Waals surface area contributed by atoms with Crippen LogP contribution < -0.4 is 0 Å². The smallest absolute Gasteiger partial charge is 0.0848 e. The number of hydrogen-bond donors (Lipinski definition) is 1. The largest absolute Gasteiger partial charge is 0.388 e. The highest BCUT2D eigenvalue weighted by atomic mass is 16.3. The van der Waals surface area contributed by atoms with Crippen molar-refractivity contribution >= 4 is 0 Å². The fourth-order valence-electron chi connectivity index (χ4n) is 3.47. The van der Waals surface area contributed by atoms with E-state index in [-0.39, 0.29) is 17.5 Å². The molecule has 0 saturated carbocycles. The van der Waals surface area contributed by atoms with Gasteiger partial charge in [-0.2, -0.15) is 0 Å². The molecule has 0 spiro atoms. The molecule has 0 amide bonds. The van der Waals surface area contributed by atoms with E-state index in [2.05, 4.69) is 49.9 Å². The van der Waals surface area contributed by atoms with Crippen LogP contribution in [0.25, 0.3) is 0 Å². The summed E-state index contributed by atoms with van der Waals surface area (Å²) in [5.41, 5.74) is 2.42. The zero-order valence-electron chi connectivity index (χ0n) is 13.6. The van der Waals surface area contributed by atoms with Gasteiger partial charge < -0.3 is 5.11 Å². The molecule has 1 saturated heterocycles. The average molecular weight is 295 g/mol. The van der Waals surface area contributed by atoms with E-state index in [1.807, 2.05) is 36.4 Å². The van der Waals surface area contributed by atoms with Gasteiger partial charge in [-0.25, -0.2) is 0 Å². The van der Waals surface area contributed by atoms with Gasteiger partial charge in [0.1, 0.15) is 0 Å². The topological polar surface area (TPSA) is 23.5 Å². The van der Waals surface area contributed by atoms with Gasteiger partial charge in [-0.1, -0.05) is 60.7 Å². The molecular formula is C20H25NO. The molecule has 116 valence electrons. The highest BCUT2D eigenvalue weighted by Gasteiger charge is 2.48. The molecule has 2 aromatic carbocycles. The molecule has 0 bridgehead atoms. The molecular weight excluding hydrogens is 270 g/mol. The summed E-state index contributed by atoms with van der Waals surface area (Å²) in [4.78, 5) is 2.49. The molecule has 22 heavy (non-hydrogen) atoms.